The molecule has 0 radical (unpaired) electrons. The number of carbonyl (C=O) groups excluding carboxylic acids is 2. The molecule has 1 N–H and O–H groups in total. The van der Waals surface area contributed by atoms with Crippen molar-refractivity contribution in [1.82, 2.24) is 19.9 Å². The Morgan fingerprint density at radius 2 is 1.80 bits per heavy atom. The van der Waals surface area contributed by atoms with Gasteiger partial charge in [-0.1, -0.05) is 32.0 Å². The number of carbonyl (C=O) groups is 2. The van der Waals surface area contributed by atoms with Crippen molar-refractivity contribution in [1.29, 1.82) is 0 Å². The van der Waals surface area contributed by atoms with Crippen molar-refractivity contribution < 1.29 is 41.7 Å². The molecule has 2 aliphatic rings. The minimum absolute atomic E-state index is 0.0280. The predicted molar refractivity (Wildman–Crippen MR) is 160 cm³/mol. The van der Waals surface area contributed by atoms with Gasteiger partial charge in [-0.2, -0.15) is 18.4 Å². The number of hydrogen-bond acceptors (Lipinski definition) is 12. The van der Waals surface area contributed by atoms with E-state index in [-0.39, 0.29) is 90.7 Å². The van der Waals surface area contributed by atoms with E-state index in [0.29, 0.717) is 12.4 Å². The fourth-order valence-electron chi connectivity index (χ4n) is 4.67. The van der Waals surface area contributed by atoms with E-state index < -0.39 is 10.0 Å². The van der Waals surface area contributed by atoms with Crippen LogP contribution < -0.4 is 23.7 Å². The lowest BCUT2D eigenvalue weighted by Crippen LogP contribution is -2.33. The summed E-state index contributed by atoms with van der Waals surface area (Å²) in [5.74, 6) is -0.416. The summed E-state index contributed by atoms with van der Waals surface area (Å²) in [6, 6.07) is 9.57. The highest BCUT2D eigenvalue weighted by atomic mass is 32.2. The number of nitrogens with one attached hydrogen (secondary N) is 1. The molecule has 45 heavy (non-hydrogen) atoms. The zero-order valence-electron chi connectivity index (χ0n) is 25.2. The van der Waals surface area contributed by atoms with Gasteiger partial charge in [0.05, 0.1) is 19.8 Å². The van der Waals surface area contributed by atoms with Gasteiger partial charge in [0.2, 0.25) is 17.6 Å². The van der Waals surface area contributed by atoms with Crippen LogP contribution in [0.1, 0.15) is 51.0 Å². The van der Waals surface area contributed by atoms with Gasteiger partial charge in [-0.15, -0.1) is 0 Å². The topological polar surface area (TPSA) is 168 Å². The number of likely N-dealkylation sites (tertiary alicyclic amines) is 1. The number of pyridine rings is 1. The summed E-state index contributed by atoms with van der Waals surface area (Å²) in [6.07, 6.45) is 3.22. The van der Waals surface area contributed by atoms with Crippen molar-refractivity contribution in [2.75, 3.05) is 38.2 Å². The molecule has 2 aromatic heterocycles. The molecule has 0 aliphatic carbocycles. The van der Waals surface area contributed by atoms with Crippen molar-refractivity contribution >= 4 is 27.7 Å². The summed E-state index contributed by atoms with van der Waals surface area (Å²) in [5.41, 5.74) is 0.867. The number of sulfonamides is 1. The molecular formula is C30H35N5O9S. The number of nitrogens with zero attached hydrogens (tertiary/aromatic N) is 4. The second-order valence-electron chi connectivity index (χ2n) is 10.7. The van der Waals surface area contributed by atoms with Crippen LogP contribution in [0, 0.1) is 0 Å². The molecule has 2 saturated heterocycles. The average Bonchev–Trinajstić information content (AvgIpc) is 3.67. The standard InChI is InChI=1S/C30H35N5O9S/c1-19(2)20-10-11-24(31-17-20)45(38,39)34-28-27(44-23-9-5-4-8-22(23)40-3)29(43-18-21-7-6-15-41-21)33-30(32-28)42-16-14-35-25(36)12-13-26(35)37/h4-5,8-11,17,19,21H,6-7,12-16,18H2,1-3H3,(H,32,33,34). The molecule has 240 valence electrons. The smallest absolute Gasteiger partial charge is 0.322 e. The Morgan fingerprint density at radius 1 is 1.04 bits per heavy atom. The maximum atomic E-state index is 13.6. The number of amides is 2. The Hall–Kier alpha value is -4.50. The fraction of sp³-hybridized carbons (Fsp3) is 0.433. The van der Waals surface area contributed by atoms with E-state index in [2.05, 4.69) is 19.7 Å². The van der Waals surface area contributed by atoms with Crippen LogP contribution in [-0.2, 0) is 24.3 Å². The third-order valence-electron chi connectivity index (χ3n) is 7.16. The molecule has 1 unspecified atom stereocenters. The number of rotatable bonds is 14. The molecule has 0 spiro atoms. The molecule has 0 saturated carbocycles. The maximum Gasteiger partial charge on any atom is 0.322 e. The van der Waals surface area contributed by atoms with Gasteiger partial charge in [0, 0.05) is 25.6 Å². The van der Waals surface area contributed by atoms with E-state index in [4.69, 9.17) is 23.7 Å². The lowest BCUT2D eigenvalue weighted by molar-refractivity contribution is -0.138. The first-order chi connectivity index (χ1) is 21.6. The van der Waals surface area contributed by atoms with Gasteiger partial charge >= 0.3 is 6.01 Å². The third kappa shape index (κ3) is 7.78. The molecule has 14 nitrogen and oxygen atoms in total. The van der Waals surface area contributed by atoms with E-state index in [0.717, 1.165) is 23.3 Å². The predicted octanol–water partition coefficient (Wildman–Crippen LogP) is 3.68. The van der Waals surface area contributed by atoms with Gasteiger partial charge in [-0.05, 0) is 42.5 Å². The first-order valence-corrected chi connectivity index (χ1v) is 16.0. The van der Waals surface area contributed by atoms with Crippen molar-refractivity contribution in [3.8, 4) is 29.1 Å². The maximum absolute atomic E-state index is 13.6. The van der Waals surface area contributed by atoms with E-state index in [9.17, 15) is 18.0 Å². The van der Waals surface area contributed by atoms with E-state index in [1.165, 1.54) is 19.4 Å². The zero-order valence-corrected chi connectivity index (χ0v) is 26.0. The molecule has 1 aromatic carbocycles. The average molecular weight is 642 g/mol. The Morgan fingerprint density at radius 3 is 2.44 bits per heavy atom. The van der Waals surface area contributed by atoms with E-state index in [1.807, 2.05) is 13.8 Å². The number of aromatic nitrogens is 3. The summed E-state index contributed by atoms with van der Waals surface area (Å²) >= 11 is 0. The van der Waals surface area contributed by atoms with Crippen LogP contribution in [0.15, 0.2) is 47.6 Å². The number of hydrogen-bond donors (Lipinski definition) is 1. The number of anilines is 1. The largest absolute Gasteiger partial charge is 0.493 e. The Kier molecular flexibility index (Phi) is 9.98. The zero-order chi connectivity index (χ0) is 32.0. The molecule has 0 bridgehead atoms. The highest BCUT2D eigenvalue weighted by Crippen LogP contribution is 2.41. The molecule has 15 heteroatoms. The van der Waals surface area contributed by atoms with Crippen LogP contribution in [0.5, 0.6) is 29.1 Å². The normalized spacial score (nSPS) is 16.7. The van der Waals surface area contributed by atoms with Crippen LogP contribution in [-0.4, -0.2) is 79.7 Å². The molecule has 2 fully saturated rings. The third-order valence-corrected chi connectivity index (χ3v) is 8.41. The van der Waals surface area contributed by atoms with Crippen molar-refractivity contribution in [3.05, 3.63) is 48.2 Å². The highest BCUT2D eigenvalue weighted by Gasteiger charge is 2.30. The second kappa shape index (κ2) is 14.1. The van der Waals surface area contributed by atoms with Gasteiger partial charge in [-0.3, -0.25) is 19.2 Å². The van der Waals surface area contributed by atoms with Crippen LogP contribution in [0.2, 0.25) is 0 Å². The van der Waals surface area contributed by atoms with Crippen LogP contribution in [0.4, 0.5) is 5.82 Å². The van der Waals surface area contributed by atoms with Gasteiger partial charge < -0.3 is 23.7 Å². The number of imide groups is 1. The Labute approximate surface area is 261 Å². The number of benzene rings is 1. The quantitative estimate of drug-likeness (QED) is 0.254. The van der Waals surface area contributed by atoms with Gasteiger partial charge in [0.1, 0.15) is 13.2 Å². The van der Waals surface area contributed by atoms with Crippen LogP contribution >= 0.6 is 0 Å². The number of para-hydroxylation sites is 2. The number of ether oxygens (including phenoxy) is 5. The van der Waals surface area contributed by atoms with Crippen LogP contribution in [0.25, 0.3) is 0 Å². The summed E-state index contributed by atoms with van der Waals surface area (Å²) in [6.45, 7) is 4.47. The SMILES string of the molecule is COc1ccccc1Oc1c(NS(=O)(=O)c2ccc(C(C)C)cn2)nc(OCCN2C(=O)CCC2=O)nc1OCC1CCCO1. The molecular weight excluding hydrogens is 606 g/mol. The minimum Gasteiger partial charge on any atom is -0.493 e. The minimum atomic E-state index is -4.29. The Balaban J connectivity index is 1.52. The summed E-state index contributed by atoms with van der Waals surface area (Å²) in [4.78, 5) is 38.0. The first-order valence-electron chi connectivity index (χ1n) is 14.6. The first kappa shape index (κ1) is 31.9. The number of methoxy groups -OCH3 is 1. The molecule has 2 aliphatic heterocycles. The second-order valence-corrected chi connectivity index (χ2v) is 12.3. The monoisotopic (exact) mass is 641 g/mol. The molecule has 2 amide bonds. The summed E-state index contributed by atoms with van der Waals surface area (Å²) in [7, 11) is -2.83. The van der Waals surface area contributed by atoms with E-state index >= 15 is 0 Å². The van der Waals surface area contributed by atoms with Crippen LogP contribution in [0.3, 0.4) is 0 Å². The summed E-state index contributed by atoms with van der Waals surface area (Å²) < 4.78 is 58.6. The van der Waals surface area contributed by atoms with Gasteiger partial charge in [0.25, 0.3) is 15.9 Å². The molecule has 3 aromatic rings. The fourth-order valence-corrected chi connectivity index (χ4v) is 5.60. The van der Waals surface area contributed by atoms with Crippen molar-refractivity contribution in [2.24, 2.45) is 0 Å². The summed E-state index contributed by atoms with van der Waals surface area (Å²) in [5, 5.41) is -0.246. The lowest BCUT2D eigenvalue weighted by Gasteiger charge is -2.19. The molecule has 4 heterocycles. The van der Waals surface area contributed by atoms with Crippen molar-refractivity contribution in [2.45, 2.75) is 56.6 Å². The highest BCUT2D eigenvalue weighted by molar-refractivity contribution is 7.92. The van der Waals surface area contributed by atoms with Gasteiger partial charge in [-0.25, -0.2) is 4.98 Å². The lowest BCUT2D eigenvalue weighted by atomic mass is 10.1. The molecule has 1 atom stereocenters. The molecule has 5 rings (SSSR count). The van der Waals surface area contributed by atoms with E-state index in [1.54, 1.807) is 30.3 Å². The Bertz CT molecular complexity index is 1610. The van der Waals surface area contributed by atoms with Gasteiger partial charge in [0.15, 0.2) is 22.3 Å². The van der Waals surface area contributed by atoms with Crippen molar-refractivity contribution in [3.63, 3.8) is 0 Å².